The summed E-state index contributed by atoms with van der Waals surface area (Å²) in [5, 5.41) is 3.57. The van der Waals surface area contributed by atoms with Gasteiger partial charge in [0.15, 0.2) is 0 Å². The summed E-state index contributed by atoms with van der Waals surface area (Å²) in [6.07, 6.45) is 9.06. The predicted molar refractivity (Wildman–Crippen MR) is 71.3 cm³/mol. The minimum atomic E-state index is 0.561. The van der Waals surface area contributed by atoms with Crippen LogP contribution in [0.3, 0.4) is 0 Å². The second kappa shape index (κ2) is 5.67. The van der Waals surface area contributed by atoms with Crippen molar-refractivity contribution in [2.45, 2.75) is 64.5 Å². The molecule has 3 heteroatoms. The zero-order valence-corrected chi connectivity index (χ0v) is 11.3. The number of nitrogens with one attached hydrogen (secondary N) is 1. The number of hydrogen-bond acceptors (Lipinski definition) is 2. The van der Waals surface area contributed by atoms with Crippen LogP contribution in [0.4, 0.5) is 0 Å². The zero-order chi connectivity index (χ0) is 12.3. The molecule has 2 unspecified atom stereocenters. The second-order valence-corrected chi connectivity index (χ2v) is 5.19. The van der Waals surface area contributed by atoms with Crippen LogP contribution >= 0.6 is 0 Å². The first kappa shape index (κ1) is 12.6. The topological polar surface area (TPSA) is 29.9 Å². The molecule has 1 saturated heterocycles. The van der Waals surface area contributed by atoms with E-state index in [0.717, 1.165) is 6.54 Å². The molecule has 1 fully saturated rings. The smallest absolute Gasteiger partial charge is 0.0951 e. The van der Waals surface area contributed by atoms with Gasteiger partial charge in [-0.15, -0.1) is 0 Å². The Kier molecular flexibility index (Phi) is 4.21. The van der Waals surface area contributed by atoms with Crippen molar-refractivity contribution >= 4 is 0 Å². The van der Waals surface area contributed by atoms with Gasteiger partial charge in [0.25, 0.3) is 0 Å². The van der Waals surface area contributed by atoms with E-state index in [1.165, 1.54) is 31.4 Å². The van der Waals surface area contributed by atoms with Crippen LogP contribution in [0, 0.1) is 0 Å². The monoisotopic (exact) mass is 235 g/mol. The Morgan fingerprint density at radius 3 is 2.88 bits per heavy atom. The van der Waals surface area contributed by atoms with Crippen molar-refractivity contribution < 1.29 is 0 Å². The van der Waals surface area contributed by atoms with E-state index < -0.39 is 0 Å². The predicted octanol–water partition coefficient (Wildman–Crippen LogP) is 3.10. The largest absolute Gasteiger partial charge is 0.330 e. The maximum absolute atomic E-state index is 4.38. The molecule has 3 nitrogen and oxygen atoms in total. The fourth-order valence-electron chi connectivity index (χ4n) is 3.02. The van der Waals surface area contributed by atoms with E-state index in [-0.39, 0.29) is 0 Å². The summed E-state index contributed by atoms with van der Waals surface area (Å²) < 4.78 is 2.43. The second-order valence-electron chi connectivity index (χ2n) is 5.19. The average Bonchev–Trinajstić information content (AvgIpc) is 2.80. The lowest BCUT2D eigenvalue weighted by Crippen LogP contribution is -2.40. The molecule has 96 valence electrons. The lowest BCUT2D eigenvalue weighted by molar-refractivity contribution is 0.286. The summed E-state index contributed by atoms with van der Waals surface area (Å²) in [6.45, 7) is 8.00. The van der Waals surface area contributed by atoms with E-state index in [1.54, 1.807) is 0 Å². The number of rotatable bonds is 4. The van der Waals surface area contributed by atoms with Crippen LogP contribution in [0.1, 0.15) is 64.1 Å². The van der Waals surface area contributed by atoms with E-state index >= 15 is 0 Å². The van der Waals surface area contributed by atoms with Crippen molar-refractivity contribution in [3.05, 3.63) is 18.2 Å². The number of imidazole rings is 1. The molecule has 2 rings (SSSR count). The molecular formula is C14H25N3. The maximum atomic E-state index is 4.38. The molecule has 0 aliphatic carbocycles. The van der Waals surface area contributed by atoms with Crippen molar-refractivity contribution in [2.75, 3.05) is 6.54 Å². The quantitative estimate of drug-likeness (QED) is 0.869. The van der Waals surface area contributed by atoms with Crippen LogP contribution in [0.2, 0.25) is 0 Å². The minimum Gasteiger partial charge on any atom is -0.330 e. The number of hydrogen-bond donors (Lipinski definition) is 1. The van der Waals surface area contributed by atoms with Crippen molar-refractivity contribution in [1.29, 1.82) is 0 Å². The standard InChI is InChI=1S/C14H25N3/c1-4-12(5-2)14-9-15-10-17(14)13-7-6-8-16-11(13)3/h9-13,16H,4-8H2,1-3H3. The Balaban J connectivity index is 2.22. The number of aromatic nitrogens is 2. The lowest BCUT2D eigenvalue weighted by atomic mass is 9.96. The normalized spacial score (nSPS) is 25.4. The fraction of sp³-hybridized carbons (Fsp3) is 0.786. The van der Waals surface area contributed by atoms with E-state index in [4.69, 9.17) is 0 Å². The third-order valence-corrected chi connectivity index (χ3v) is 4.18. The van der Waals surface area contributed by atoms with Crippen molar-refractivity contribution in [3.8, 4) is 0 Å². The van der Waals surface area contributed by atoms with Gasteiger partial charge in [-0.3, -0.25) is 0 Å². The van der Waals surface area contributed by atoms with Gasteiger partial charge in [0.2, 0.25) is 0 Å². The summed E-state index contributed by atoms with van der Waals surface area (Å²) in [7, 11) is 0. The molecule has 0 bridgehead atoms. The highest BCUT2D eigenvalue weighted by atomic mass is 15.1. The molecule has 0 amide bonds. The van der Waals surface area contributed by atoms with Crippen LogP contribution < -0.4 is 5.32 Å². The molecule has 0 radical (unpaired) electrons. The first-order valence-electron chi connectivity index (χ1n) is 7.03. The van der Waals surface area contributed by atoms with Gasteiger partial charge in [-0.2, -0.15) is 0 Å². The van der Waals surface area contributed by atoms with Gasteiger partial charge in [-0.05, 0) is 39.2 Å². The van der Waals surface area contributed by atoms with Gasteiger partial charge < -0.3 is 9.88 Å². The molecule has 2 atom stereocenters. The van der Waals surface area contributed by atoms with Crippen molar-refractivity contribution in [3.63, 3.8) is 0 Å². The zero-order valence-electron chi connectivity index (χ0n) is 11.3. The van der Waals surface area contributed by atoms with E-state index in [1.807, 2.05) is 6.33 Å². The Labute approximate surface area is 105 Å². The van der Waals surface area contributed by atoms with Gasteiger partial charge in [0.05, 0.1) is 6.33 Å². The highest BCUT2D eigenvalue weighted by Crippen LogP contribution is 2.29. The van der Waals surface area contributed by atoms with Crippen molar-refractivity contribution in [1.82, 2.24) is 14.9 Å². The first-order valence-corrected chi connectivity index (χ1v) is 7.03. The summed E-state index contributed by atoms with van der Waals surface area (Å²) in [5.74, 6) is 0.659. The Morgan fingerprint density at radius 1 is 1.47 bits per heavy atom. The molecule has 17 heavy (non-hydrogen) atoms. The molecule has 2 heterocycles. The van der Waals surface area contributed by atoms with Gasteiger partial charge in [-0.25, -0.2) is 4.98 Å². The van der Waals surface area contributed by atoms with Gasteiger partial charge in [0, 0.05) is 29.9 Å². The third kappa shape index (κ3) is 2.54. The molecule has 0 saturated carbocycles. The van der Waals surface area contributed by atoms with Crippen LogP contribution in [0.5, 0.6) is 0 Å². The molecule has 0 spiro atoms. The molecule has 1 aromatic rings. The Morgan fingerprint density at radius 2 is 2.24 bits per heavy atom. The highest BCUT2D eigenvalue weighted by molar-refractivity contribution is 5.08. The van der Waals surface area contributed by atoms with Gasteiger partial charge in [0.1, 0.15) is 0 Å². The summed E-state index contributed by atoms with van der Waals surface area (Å²) in [6, 6.07) is 1.15. The third-order valence-electron chi connectivity index (χ3n) is 4.18. The van der Waals surface area contributed by atoms with Gasteiger partial charge in [-0.1, -0.05) is 13.8 Å². The first-order chi connectivity index (χ1) is 8.27. The van der Waals surface area contributed by atoms with Crippen LogP contribution in [0.15, 0.2) is 12.5 Å². The molecule has 1 aliphatic heterocycles. The molecule has 1 aromatic heterocycles. The van der Waals surface area contributed by atoms with Crippen molar-refractivity contribution in [2.24, 2.45) is 0 Å². The minimum absolute atomic E-state index is 0.561. The van der Waals surface area contributed by atoms with Crippen LogP contribution in [-0.2, 0) is 0 Å². The maximum Gasteiger partial charge on any atom is 0.0951 e. The highest BCUT2D eigenvalue weighted by Gasteiger charge is 2.25. The molecular weight excluding hydrogens is 210 g/mol. The lowest BCUT2D eigenvalue weighted by Gasteiger charge is -2.33. The molecule has 1 aliphatic rings. The summed E-state index contributed by atoms with van der Waals surface area (Å²) in [4.78, 5) is 4.38. The number of nitrogens with zero attached hydrogens (tertiary/aromatic N) is 2. The van der Waals surface area contributed by atoms with Crippen LogP contribution in [0.25, 0.3) is 0 Å². The summed E-state index contributed by atoms with van der Waals surface area (Å²) >= 11 is 0. The number of piperidine rings is 1. The summed E-state index contributed by atoms with van der Waals surface area (Å²) in [5.41, 5.74) is 1.43. The SMILES string of the molecule is CCC(CC)c1cncn1C1CCCNC1C. The fourth-order valence-corrected chi connectivity index (χ4v) is 3.02. The molecule has 0 aromatic carbocycles. The average molecular weight is 235 g/mol. The van der Waals surface area contributed by atoms with Gasteiger partial charge >= 0.3 is 0 Å². The Hall–Kier alpha value is -0.830. The van der Waals surface area contributed by atoms with Crippen LogP contribution in [-0.4, -0.2) is 22.1 Å². The molecule has 1 N–H and O–H groups in total. The van der Waals surface area contributed by atoms with E-state index in [2.05, 4.69) is 41.8 Å². The van der Waals surface area contributed by atoms with E-state index in [0.29, 0.717) is 18.0 Å². The Bertz CT molecular complexity index is 341. The van der Waals surface area contributed by atoms with E-state index in [9.17, 15) is 0 Å².